The van der Waals surface area contributed by atoms with Gasteiger partial charge in [-0.3, -0.25) is 9.78 Å². The number of rotatable bonds is 4. The van der Waals surface area contributed by atoms with E-state index in [0.29, 0.717) is 28.9 Å². The first-order chi connectivity index (χ1) is 12.0. The van der Waals surface area contributed by atoms with Crippen LogP contribution < -0.4 is 9.64 Å². The number of carbonyl (C=O) groups is 1. The third-order valence-corrected chi connectivity index (χ3v) is 4.70. The molecule has 1 aliphatic rings. The SMILES string of the molecule is CC(Oc1ccc(Cl)cc1Cl)C(=O)N1CCN(c2ccncc2)CC1. The molecule has 2 heterocycles. The van der Waals surface area contributed by atoms with E-state index in [4.69, 9.17) is 27.9 Å². The van der Waals surface area contributed by atoms with E-state index in [1.807, 2.05) is 17.0 Å². The van der Waals surface area contributed by atoms with E-state index in [1.165, 1.54) is 0 Å². The molecule has 7 heteroatoms. The summed E-state index contributed by atoms with van der Waals surface area (Å²) in [5.74, 6) is 0.419. The van der Waals surface area contributed by atoms with Gasteiger partial charge in [-0.2, -0.15) is 0 Å². The highest BCUT2D eigenvalue weighted by Crippen LogP contribution is 2.28. The molecule has 0 spiro atoms. The zero-order chi connectivity index (χ0) is 17.8. The molecule has 1 fully saturated rings. The van der Waals surface area contributed by atoms with Crippen LogP contribution in [0, 0.1) is 0 Å². The molecule has 0 saturated carbocycles. The van der Waals surface area contributed by atoms with Gasteiger partial charge in [0.25, 0.3) is 5.91 Å². The summed E-state index contributed by atoms with van der Waals surface area (Å²) >= 11 is 12.0. The molecule has 0 radical (unpaired) electrons. The molecule has 5 nitrogen and oxygen atoms in total. The Morgan fingerprint density at radius 2 is 1.80 bits per heavy atom. The Kier molecular flexibility index (Phi) is 5.66. The number of nitrogens with zero attached hydrogens (tertiary/aromatic N) is 3. The van der Waals surface area contributed by atoms with E-state index in [2.05, 4.69) is 9.88 Å². The molecular weight excluding hydrogens is 361 g/mol. The summed E-state index contributed by atoms with van der Waals surface area (Å²) in [6, 6.07) is 8.92. The molecule has 3 rings (SSSR count). The summed E-state index contributed by atoms with van der Waals surface area (Å²) in [6.07, 6.45) is 2.95. The van der Waals surface area contributed by atoms with Crippen molar-refractivity contribution >= 4 is 34.8 Å². The molecule has 1 aliphatic heterocycles. The zero-order valence-electron chi connectivity index (χ0n) is 13.9. The largest absolute Gasteiger partial charge is 0.479 e. The summed E-state index contributed by atoms with van der Waals surface area (Å²) in [5, 5.41) is 0.929. The fourth-order valence-corrected chi connectivity index (χ4v) is 3.26. The summed E-state index contributed by atoms with van der Waals surface area (Å²) in [7, 11) is 0. The Labute approximate surface area is 157 Å². The molecule has 0 bridgehead atoms. The van der Waals surface area contributed by atoms with Crippen LogP contribution in [0.2, 0.25) is 10.0 Å². The standard InChI is InChI=1S/C18H19Cl2N3O2/c1-13(25-17-3-2-14(19)12-16(17)20)18(24)23-10-8-22(9-11-23)15-4-6-21-7-5-15/h2-7,12-13H,8-11H2,1H3. The molecule has 1 saturated heterocycles. The lowest BCUT2D eigenvalue weighted by Crippen LogP contribution is -2.52. The monoisotopic (exact) mass is 379 g/mol. The first-order valence-corrected chi connectivity index (χ1v) is 8.85. The number of piperazine rings is 1. The molecule has 0 N–H and O–H groups in total. The van der Waals surface area contributed by atoms with Gasteiger partial charge < -0.3 is 14.5 Å². The Morgan fingerprint density at radius 1 is 1.12 bits per heavy atom. The molecule has 1 amide bonds. The first-order valence-electron chi connectivity index (χ1n) is 8.10. The van der Waals surface area contributed by atoms with Gasteiger partial charge in [-0.25, -0.2) is 0 Å². The number of carbonyl (C=O) groups excluding carboxylic acids is 1. The van der Waals surface area contributed by atoms with Crippen molar-refractivity contribution in [2.45, 2.75) is 13.0 Å². The number of hydrogen-bond acceptors (Lipinski definition) is 4. The second-order valence-electron chi connectivity index (χ2n) is 5.85. The molecule has 2 aromatic rings. The van der Waals surface area contributed by atoms with Crippen molar-refractivity contribution in [1.29, 1.82) is 0 Å². The summed E-state index contributed by atoms with van der Waals surface area (Å²) in [4.78, 5) is 20.7. The minimum atomic E-state index is -0.605. The van der Waals surface area contributed by atoms with Crippen molar-refractivity contribution in [2.24, 2.45) is 0 Å². The second-order valence-corrected chi connectivity index (χ2v) is 6.70. The van der Waals surface area contributed by atoms with E-state index in [9.17, 15) is 4.79 Å². The number of hydrogen-bond donors (Lipinski definition) is 0. The van der Waals surface area contributed by atoms with Gasteiger partial charge >= 0.3 is 0 Å². The third-order valence-electron chi connectivity index (χ3n) is 4.16. The quantitative estimate of drug-likeness (QED) is 0.815. The van der Waals surface area contributed by atoms with Crippen molar-refractivity contribution in [3.05, 3.63) is 52.8 Å². The fraction of sp³-hybridized carbons (Fsp3) is 0.333. The van der Waals surface area contributed by atoms with Gasteiger partial charge in [0.15, 0.2) is 6.10 Å². The highest BCUT2D eigenvalue weighted by atomic mass is 35.5. The molecule has 1 unspecified atom stereocenters. The first kappa shape index (κ1) is 17.8. The lowest BCUT2D eigenvalue weighted by atomic mass is 10.2. The highest BCUT2D eigenvalue weighted by molar-refractivity contribution is 6.35. The second kappa shape index (κ2) is 7.93. The van der Waals surface area contributed by atoms with Crippen molar-refractivity contribution in [2.75, 3.05) is 31.1 Å². The van der Waals surface area contributed by atoms with Gasteiger partial charge in [0.2, 0.25) is 0 Å². The number of ether oxygens (including phenoxy) is 1. The molecule has 132 valence electrons. The van der Waals surface area contributed by atoms with E-state index in [-0.39, 0.29) is 5.91 Å². The molecule has 1 aromatic heterocycles. The number of aromatic nitrogens is 1. The van der Waals surface area contributed by atoms with Crippen LogP contribution in [-0.2, 0) is 4.79 Å². The maximum absolute atomic E-state index is 12.6. The third kappa shape index (κ3) is 4.35. The number of amides is 1. The van der Waals surface area contributed by atoms with Crippen molar-refractivity contribution in [3.8, 4) is 5.75 Å². The summed E-state index contributed by atoms with van der Waals surface area (Å²) in [6.45, 7) is 4.61. The van der Waals surface area contributed by atoms with Gasteiger partial charge in [0.1, 0.15) is 5.75 Å². The van der Waals surface area contributed by atoms with E-state index < -0.39 is 6.10 Å². The van der Waals surface area contributed by atoms with Gasteiger partial charge in [-0.15, -0.1) is 0 Å². The predicted octanol–water partition coefficient (Wildman–Crippen LogP) is 3.50. The van der Waals surface area contributed by atoms with E-state index in [1.54, 1.807) is 37.5 Å². The number of benzene rings is 1. The number of halogens is 2. The van der Waals surface area contributed by atoms with Crippen LogP contribution in [0.5, 0.6) is 5.75 Å². The molecule has 25 heavy (non-hydrogen) atoms. The van der Waals surface area contributed by atoms with Gasteiger partial charge in [-0.1, -0.05) is 23.2 Å². The molecule has 0 aliphatic carbocycles. The van der Waals surface area contributed by atoms with Gasteiger partial charge in [-0.05, 0) is 37.3 Å². The molecule has 1 atom stereocenters. The normalized spacial score (nSPS) is 15.8. The Morgan fingerprint density at radius 3 is 2.44 bits per heavy atom. The van der Waals surface area contributed by atoms with Crippen LogP contribution in [0.15, 0.2) is 42.7 Å². The van der Waals surface area contributed by atoms with E-state index >= 15 is 0 Å². The highest BCUT2D eigenvalue weighted by Gasteiger charge is 2.26. The summed E-state index contributed by atoms with van der Waals surface area (Å²) < 4.78 is 5.72. The van der Waals surface area contributed by atoms with E-state index in [0.717, 1.165) is 18.8 Å². The minimum Gasteiger partial charge on any atom is -0.479 e. The van der Waals surface area contributed by atoms with Crippen molar-refractivity contribution in [1.82, 2.24) is 9.88 Å². The van der Waals surface area contributed by atoms with Crippen LogP contribution in [0.25, 0.3) is 0 Å². The number of anilines is 1. The molecule has 1 aromatic carbocycles. The van der Waals surface area contributed by atoms with Gasteiger partial charge in [0, 0.05) is 49.3 Å². The lowest BCUT2D eigenvalue weighted by molar-refractivity contribution is -0.138. The topological polar surface area (TPSA) is 45.7 Å². The smallest absolute Gasteiger partial charge is 0.263 e. The van der Waals surface area contributed by atoms with Crippen LogP contribution in [0.3, 0.4) is 0 Å². The van der Waals surface area contributed by atoms with Crippen molar-refractivity contribution in [3.63, 3.8) is 0 Å². The van der Waals surface area contributed by atoms with Crippen LogP contribution in [0.4, 0.5) is 5.69 Å². The Hall–Kier alpha value is -1.98. The fourth-order valence-electron chi connectivity index (χ4n) is 2.81. The summed E-state index contributed by atoms with van der Waals surface area (Å²) in [5.41, 5.74) is 1.12. The molecular formula is C18H19Cl2N3O2. The number of pyridine rings is 1. The van der Waals surface area contributed by atoms with Gasteiger partial charge in [0.05, 0.1) is 5.02 Å². The maximum atomic E-state index is 12.6. The predicted molar refractivity (Wildman–Crippen MR) is 99.6 cm³/mol. The zero-order valence-corrected chi connectivity index (χ0v) is 15.4. The minimum absolute atomic E-state index is 0.0413. The lowest BCUT2D eigenvalue weighted by Gasteiger charge is -2.37. The van der Waals surface area contributed by atoms with Crippen LogP contribution >= 0.6 is 23.2 Å². The Bertz CT molecular complexity index is 734. The maximum Gasteiger partial charge on any atom is 0.263 e. The average molecular weight is 380 g/mol. The Balaban J connectivity index is 1.56. The average Bonchev–Trinajstić information content (AvgIpc) is 2.64. The van der Waals surface area contributed by atoms with Crippen LogP contribution in [-0.4, -0.2) is 48.1 Å². The van der Waals surface area contributed by atoms with Crippen LogP contribution in [0.1, 0.15) is 6.92 Å². The van der Waals surface area contributed by atoms with Crippen molar-refractivity contribution < 1.29 is 9.53 Å².